The molecule has 5 nitrogen and oxygen atoms in total. The van der Waals surface area contributed by atoms with Crippen molar-refractivity contribution in [2.45, 2.75) is 45.1 Å². The average Bonchev–Trinajstić information content (AvgIpc) is 2.47. The van der Waals surface area contributed by atoms with Crippen LogP contribution in [-0.2, 0) is 11.2 Å². The van der Waals surface area contributed by atoms with Crippen molar-refractivity contribution >= 4 is 17.7 Å². The zero-order valence-electron chi connectivity index (χ0n) is 12.3. The SMILES string of the molecule is CC1CCCCN1C(=O)Nc1ccc(CCC(=O)O)cc1. The van der Waals surface area contributed by atoms with Crippen LogP contribution in [0.1, 0.15) is 38.2 Å². The van der Waals surface area contributed by atoms with Crippen molar-refractivity contribution in [1.82, 2.24) is 4.90 Å². The molecule has 1 aliphatic rings. The van der Waals surface area contributed by atoms with Crippen LogP contribution in [0.25, 0.3) is 0 Å². The summed E-state index contributed by atoms with van der Waals surface area (Å²) < 4.78 is 0. The number of anilines is 1. The number of carboxylic acid groups (broad SMARTS) is 1. The molecule has 0 radical (unpaired) electrons. The Bertz CT molecular complexity index is 499. The molecule has 2 rings (SSSR count). The minimum Gasteiger partial charge on any atom is -0.481 e. The summed E-state index contributed by atoms with van der Waals surface area (Å²) in [5, 5.41) is 11.6. The van der Waals surface area contributed by atoms with E-state index in [9.17, 15) is 9.59 Å². The minimum atomic E-state index is -0.800. The van der Waals surface area contributed by atoms with Gasteiger partial charge < -0.3 is 15.3 Å². The second-order valence-electron chi connectivity index (χ2n) is 5.56. The molecule has 0 bridgehead atoms. The highest BCUT2D eigenvalue weighted by atomic mass is 16.4. The molecule has 0 aliphatic carbocycles. The lowest BCUT2D eigenvalue weighted by atomic mass is 10.0. The van der Waals surface area contributed by atoms with Gasteiger partial charge in [0.05, 0.1) is 0 Å². The van der Waals surface area contributed by atoms with Crippen LogP contribution in [-0.4, -0.2) is 34.6 Å². The van der Waals surface area contributed by atoms with E-state index in [1.54, 1.807) is 0 Å². The summed E-state index contributed by atoms with van der Waals surface area (Å²) in [4.78, 5) is 24.6. The highest BCUT2D eigenvalue weighted by Crippen LogP contribution is 2.18. The first kappa shape index (κ1) is 15.4. The van der Waals surface area contributed by atoms with Gasteiger partial charge in [0.25, 0.3) is 0 Å². The van der Waals surface area contributed by atoms with E-state index in [-0.39, 0.29) is 18.5 Å². The zero-order chi connectivity index (χ0) is 15.2. The fourth-order valence-corrected chi connectivity index (χ4v) is 2.60. The van der Waals surface area contributed by atoms with Gasteiger partial charge in [-0.25, -0.2) is 4.79 Å². The van der Waals surface area contributed by atoms with Crippen LogP contribution in [0.15, 0.2) is 24.3 Å². The van der Waals surface area contributed by atoms with E-state index in [4.69, 9.17) is 5.11 Å². The van der Waals surface area contributed by atoms with Crippen LogP contribution >= 0.6 is 0 Å². The number of nitrogens with one attached hydrogen (secondary N) is 1. The maximum absolute atomic E-state index is 12.2. The number of likely N-dealkylation sites (tertiary alicyclic amines) is 1. The van der Waals surface area contributed by atoms with E-state index in [0.29, 0.717) is 6.42 Å². The minimum absolute atomic E-state index is 0.0551. The van der Waals surface area contributed by atoms with Crippen molar-refractivity contribution in [2.24, 2.45) is 0 Å². The lowest BCUT2D eigenvalue weighted by molar-refractivity contribution is -0.136. The molecule has 1 fully saturated rings. The maximum atomic E-state index is 12.2. The van der Waals surface area contributed by atoms with Crippen LogP contribution in [0.5, 0.6) is 0 Å². The Kier molecular flexibility index (Phi) is 5.20. The number of aliphatic carboxylic acids is 1. The maximum Gasteiger partial charge on any atom is 0.322 e. The number of carbonyl (C=O) groups excluding carboxylic acids is 1. The third-order valence-electron chi connectivity index (χ3n) is 3.90. The van der Waals surface area contributed by atoms with Crippen molar-refractivity contribution in [3.05, 3.63) is 29.8 Å². The van der Waals surface area contributed by atoms with E-state index in [1.807, 2.05) is 29.2 Å². The smallest absolute Gasteiger partial charge is 0.322 e. The van der Waals surface area contributed by atoms with Crippen LogP contribution < -0.4 is 5.32 Å². The zero-order valence-corrected chi connectivity index (χ0v) is 12.3. The molecule has 1 aliphatic heterocycles. The Morgan fingerprint density at radius 1 is 1.29 bits per heavy atom. The molecule has 114 valence electrons. The Balaban J connectivity index is 1.90. The average molecular weight is 290 g/mol. The predicted octanol–water partition coefficient (Wildman–Crippen LogP) is 3.11. The van der Waals surface area contributed by atoms with Gasteiger partial charge in [0.15, 0.2) is 0 Å². The molecule has 21 heavy (non-hydrogen) atoms. The van der Waals surface area contributed by atoms with Crippen molar-refractivity contribution in [3.8, 4) is 0 Å². The van der Waals surface area contributed by atoms with Crippen LogP contribution in [0.3, 0.4) is 0 Å². The largest absolute Gasteiger partial charge is 0.481 e. The number of rotatable bonds is 4. The summed E-state index contributed by atoms with van der Waals surface area (Å²) in [6.07, 6.45) is 3.93. The lowest BCUT2D eigenvalue weighted by Crippen LogP contribution is -2.44. The lowest BCUT2D eigenvalue weighted by Gasteiger charge is -2.33. The molecule has 1 heterocycles. The molecule has 1 aromatic carbocycles. The molecule has 2 amide bonds. The van der Waals surface area contributed by atoms with Crippen molar-refractivity contribution in [2.75, 3.05) is 11.9 Å². The van der Waals surface area contributed by atoms with Gasteiger partial charge in [-0.05, 0) is 50.3 Å². The van der Waals surface area contributed by atoms with Crippen molar-refractivity contribution in [1.29, 1.82) is 0 Å². The molecule has 1 unspecified atom stereocenters. The van der Waals surface area contributed by atoms with Gasteiger partial charge in [0.1, 0.15) is 0 Å². The number of aryl methyl sites for hydroxylation is 1. The molecule has 0 saturated carbocycles. The monoisotopic (exact) mass is 290 g/mol. The number of urea groups is 1. The fraction of sp³-hybridized carbons (Fsp3) is 0.500. The van der Waals surface area contributed by atoms with Gasteiger partial charge in [-0.1, -0.05) is 12.1 Å². The van der Waals surface area contributed by atoms with Gasteiger partial charge in [-0.2, -0.15) is 0 Å². The Morgan fingerprint density at radius 2 is 2.00 bits per heavy atom. The summed E-state index contributed by atoms with van der Waals surface area (Å²) in [5.41, 5.74) is 1.71. The molecular weight excluding hydrogens is 268 g/mol. The van der Waals surface area contributed by atoms with Crippen LogP contribution in [0.4, 0.5) is 10.5 Å². The number of nitrogens with zero attached hydrogens (tertiary/aromatic N) is 1. The Morgan fingerprint density at radius 3 is 2.62 bits per heavy atom. The predicted molar refractivity (Wildman–Crippen MR) is 81.4 cm³/mol. The number of carbonyl (C=O) groups is 2. The summed E-state index contributed by atoms with van der Waals surface area (Å²) in [6.45, 7) is 2.89. The van der Waals surface area contributed by atoms with Gasteiger partial charge in [-0.15, -0.1) is 0 Å². The second kappa shape index (κ2) is 7.11. The van der Waals surface area contributed by atoms with E-state index >= 15 is 0 Å². The van der Waals surface area contributed by atoms with Crippen molar-refractivity contribution in [3.63, 3.8) is 0 Å². The van der Waals surface area contributed by atoms with Gasteiger partial charge >= 0.3 is 12.0 Å². The highest BCUT2D eigenvalue weighted by molar-refractivity contribution is 5.89. The third kappa shape index (κ3) is 4.48. The Hall–Kier alpha value is -2.04. The van der Waals surface area contributed by atoms with E-state index in [1.165, 1.54) is 6.42 Å². The number of benzene rings is 1. The van der Waals surface area contributed by atoms with Crippen LogP contribution in [0, 0.1) is 0 Å². The standard InChI is InChI=1S/C16H22N2O3/c1-12-4-2-3-11-18(12)16(21)17-14-8-5-13(6-9-14)7-10-15(19)20/h5-6,8-9,12H,2-4,7,10-11H2,1H3,(H,17,21)(H,19,20). The van der Waals surface area contributed by atoms with Crippen LogP contribution in [0.2, 0.25) is 0 Å². The highest BCUT2D eigenvalue weighted by Gasteiger charge is 2.22. The summed E-state index contributed by atoms with van der Waals surface area (Å²) >= 11 is 0. The molecular formula is C16H22N2O3. The summed E-state index contributed by atoms with van der Waals surface area (Å²) in [7, 11) is 0. The molecule has 2 N–H and O–H groups in total. The normalized spacial score (nSPS) is 18.3. The molecule has 1 aromatic rings. The van der Waals surface area contributed by atoms with Gasteiger partial charge in [0, 0.05) is 24.7 Å². The van der Waals surface area contributed by atoms with Crippen molar-refractivity contribution < 1.29 is 14.7 Å². The molecule has 1 saturated heterocycles. The molecule has 0 aromatic heterocycles. The number of carboxylic acids is 1. The first-order chi connectivity index (χ1) is 10.1. The molecule has 1 atom stereocenters. The van der Waals surface area contributed by atoms with E-state index in [2.05, 4.69) is 12.2 Å². The third-order valence-corrected chi connectivity index (χ3v) is 3.90. The second-order valence-corrected chi connectivity index (χ2v) is 5.56. The number of hydrogen-bond donors (Lipinski definition) is 2. The summed E-state index contributed by atoms with van der Waals surface area (Å²) in [6, 6.07) is 7.60. The summed E-state index contributed by atoms with van der Waals surface area (Å²) in [5.74, 6) is -0.800. The Labute approximate surface area is 125 Å². The quantitative estimate of drug-likeness (QED) is 0.895. The molecule has 0 spiro atoms. The van der Waals surface area contributed by atoms with Gasteiger partial charge in [0.2, 0.25) is 0 Å². The topological polar surface area (TPSA) is 69.6 Å². The number of amides is 2. The fourth-order valence-electron chi connectivity index (χ4n) is 2.60. The van der Waals surface area contributed by atoms with E-state index < -0.39 is 5.97 Å². The first-order valence-electron chi connectivity index (χ1n) is 7.44. The van der Waals surface area contributed by atoms with Gasteiger partial charge in [-0.3, -0.25) is 4.79 Å². The first-order valence-corrected chi connectivity index (χ1v) is 7.44. The van der Waals surface area contributed by atoms with E-state index in [0.717, 1.165) is 30.6 Å². The number of piperidine rings is 1. The number of hydrogen-bond acceptors (Lipinski definition) is 2. The molecule has 5 heteroatoms.